The molecular weight excluding hydrogens is 202 g/mol. The van der Waals surface area contributed by atoms with E-state index in [4.69, 9.17) is 5.11 Å². The summed E-state index contributed by atoms with van der Waals surface area (Å²) in [6.07, 6.45) is 5.05. The first-order valence-electron chi connectivity index (χ1n) is 5.99. The van der Waals surface area contributed by atoms with E-state index in [0.29, 0.717) is 12.5 Å². The largest absolute Gasteiger partial charge is 0.396 e. The molecule has 2 heterocycles. The number of fused-ring (bicyclic) bond motifs is 1. The van der Waals surface area contributed by atoms with Gasteiger partial charge in [0.2, 0.25) is 0 Å². The molecule has 1 atom stereocenters. The molecule has 90 valence electrons. The van der Waals surface area contributed by atoms with Crippen LogP contribution in [0.2, 0.25) is 0 Å². The second-order valence-electron chi connectivity index (χ2n) is 4.91. The molecule has 2 rings (SSSR count). The summed E-state index contributed by atoms with van der Waals surface area (Å²) >= 11 is 0. The van der Waals surface area contributed by atoms with Crippen LogP contribution in [0.5, 0.6) is 0 Å². The fourth-order valence-corrected chi connectivity index (χ4v) is 2.28. The van der Waals surface area contributed by atoms with Gasteiger partial charge in [-0.05, 0) is 32.9 Å². The van der Waals surface area contributed by atoms with E-state index >= 15 is 0 Å². The summed E-state index contributed by atoms with van der Waals surface area (Å²) < 4.78 is 2.33. The van der Waals surface area contributed by atoms with Crippen molar-refractivity contribution in [2.75, 3.05) is 27.2 Å². The van der Waals surface area contributed by atoms with Crippen molar-refractivity contribution >= 4 is 0 Å². The molecule has 0 saturated heterocycles. The fourth-order valence-electron chi connectivity index (χ4n) is 2.28. The number of imidazole rings is 1. The molecule has 4 heteroatoms. The Morgan fingerprint density at radius 1 is 1.56 bits per heavy atom. The minimum atomic E-state index is 0.304. The Morgan fingerprint density at radius 2 is 2.38 bits per heavy atom. The highest BCUT2D eigenvalue weighted by atomic mass is 16.3. The molecule has 0 saturated carbocycles. The Balaban J connectivity index is 2.04. The molecule has 1 aromatic heterocycles. The van der Waals surface area contributed by atoms with Crippen molar-refractivity contribution in [2.24, 2.45) is 5.92 Å². The summed E-state index contributed by atoms with van der Waals surface area (Å²) in [5, 5.41) is 9.16. The van der Waals surface area contributed by atoms with Crippen LogP contribution in [0.4, 0.5) is 0 Å². The Morgan fingerprint density at radius 3 is 3.06 bits per heavy atom. The number of hydrogen-bond donors (Lipinski definition) is 1. The molecule has 1 aliphatic heterocycles. The third-order valence-corrected chi connectivity index (χ3v) is 3.32. The smallest absolute Gasteiger partial charge is 0.110 e. The predicted octanol–water partition coefficient (Wildman–Crippen LogP) is 0.542. The Labute approximate surface area is 96.9 Å². The molecule has 0 fully saturated rings. The van der Waals surface area contributed by atoms with Gasteiger partial charge >= 0.3 is 0 Å². The summed E-state index contributed by atoms with van der Waals surface area (Å²) in [7, 11) is 4.17. The highest BCUT2D eigenvalue weighted by Gasteiger charge is 2.20. The normalized spacial score (nSPS) is 20.1. The van der Waals surface area contributed by atoms with Crippen molar-refractivity contribution in [2.45, 2.75) is 25.8 Å². The molecule has 4 nitrogen and oxygen atoms in total. The quantitative estimate of drug-likeness (QED) is 0.810. The zero-order valence-corrected chi connectivity index (χ0v) is 10.2. The highest BCUT2D eigenvalue weighted by molar-refractivity contribution is 5.09. The molecule has 1 aromatic rings. The molecule has 1 N–H and O–H groups in total. The summed E-state index contributed by atoms with van der Waals surface area (Å²) in [4.78, 5) is 6.67. The Hall–Kier alpha value is -0.870. The van der Waals surface area contributed by atoms with Crippen molar-refractivity contribution in [3.63, 3.8) is 0 Å². The molecule has 0 amide bonds. The topological polar surface area (TPSA) is 41.3 Å². The first kappa shape index (κ1) is 11.6. The number of nitrogens with zero attached hydrogens (tertiary/aromatic N) is 3. The molecule has 0 bridgehead atoms. The molecule has 1 unspecified atom stereocenters. The highest BCUT2D eigenvalue weighted by Crippen LogP contribution is 2.21. The third kappa shape index (κ3) is 2.44. The van der Waals surface area contributed by atoms with Crippen molar-refractivity contribution < 1.29 is 5.11 Å². The van der Waals surface area contributed by atoms with Crippen LogP contribution in [0.15, 0.2) is 6.20 Å². The lowest BCUT2D eigenvalue weighted by atomic mass is 9.97. The van der Waals surface area contributed by atoms with Crippen molar-refractivity contribution in [1.82, 2.24) is 14.5 Å². The van der Waals surface area contributed by atoms with Gasteiger partial charge in [-0.3, -0.25) is 0 Å². The van der Waals surface area contributed by atoms with E-state index in [-0.39, 0.29) is 0 Å². The van der Waals surface area contributed by atoms with Crippen LogP contribution in [-0.2, 0) is 19.4 Å². The molecule has 0 aliphatic carbocycles. The fraction of sp³-hybridized carbons (Fsp3) is 0.750. The maximum Gasteiger partial charge on any atom is 0.110 e. The average molecular weight is 223 g/mol. The van der Waals surface area contributed by atoms with Gasteiger partial charge in [0.05, 0.1) is 0 Å². The van der Waals surface area contributed by atoms with Crippen molar-refractivity contribution in [1.29, 1.82) is 0 Å². The lowest BCUT2D eigenvalue weighted by Crippen LogP contribution is -2.24. The van der Waals surface area contributed by atoms with E-state index in [1.165, 1.54) is 11.5 Å². The number of likely N-dealkylation sites (N-methyl/N-ethyl adjacent to an activating group) is 1. The van der Waals surface area contributed by atoms with Gasteiger partial charge in [-0.2, -0.15) is 0 Å². The standard InChI is InChI=1S/C12H21N3O/c1-14(2)5-4-12-13-8-11-7-10(9-16)3-6-15(11)12/h8,10,16H,3-7,9H2,1-2H3. The van der Waals surface area contributed by atoms with Crippen LogP contribution < -0.4 is 0 Å². The van der Waals surface area contributed by atoms with Gasteiger partial charge in [0.25, 0.3) is 0 Å². The van der Waals surface area contributed by atoms with E-state index in [1.807, 2.05) is 6.20 Å². The molecular formula is C12H21N3O. The predicted molar refractivity (Wildman–Crippen MR) is 63.4 cm³/mol. The second kappa shape index (κ2) is 4.97. The lowest BCUT2D eigenvalue weighted by Gasteiger charge is -2.23. The maximum atomic E-state index is 9.16. The van der Waals surface area contributed by atoms with Gasteiger partial charge in [0.15, 0.2) is 0 Å². The monoisotopic (exact) mass is 223 g/mol. The number of hydrogen-bond acceptors (Lipinski definition) is 3. The van der Waals surface area contributed by atoms with E-state index < -0.39 is 0 Å². The molecule has 0 aromatic carbocycles. The first-order valence-corrected chi connectivity index (χ1v) is 5.99. The average Bonchev–Trinajstić information content (AvgIpc) is 2.68. The van der Waals surface area contributed by atoms with Crippen molar-refractivity contribution in [3.8, 4) is 0 Å². The lowest BCUT2D eigenvalue weighted by molar-refractivity contribution is 0.200. The summed E-state index contributed by atoms with van der Waals surface area (Å²) in [6.45, 7) is 2.36. The summed E-state index contributed by atoms with van der Waals surface area (Å²) in [6, 6.07) is 0. The first-order chi connectivity index (χ1) is 7.70. The summed E-state index contributed by atoms with van der Waals surface area (Å²) in [5.41, 5.74) is 1.29. The van der Waals surface area contributed by atoms with Gasteiger partial charge in [-0.25, -0.2) is 4.98 Å². The van der Waals surface area contributed by atoms with E-state index in [1.54, 1.807) is 0 Å². The molecule has 0 spiro atoms. The zero-order chi connectivity index (χ0) is 11.5. The van der Waals surface area contributed by atoms with Crippen LogP contribution in [0.25, 0.3) is 0 Å². The van der Waals surface area contributed by atoms with Gasteiger partial charge in [0.1, 0.15) is 5.82 Å². The number of aromatic nitrogens is 2. The molecule has 16 heavy (non-hydrogen) atoms. The Bertz CT molecular complexity index is 346. The van der Waals surface area contributed by atoms with E-state index in [9.17, 15) is 0 Å². The number of rotatable bonds is 4. The van der Waals surface area contributed by atoms with Gasteiger partial charge in [-0.1, -0.05) is 0 Å². The number of aliphatic hydroxyl groups excluding tert-OH is 1. The summed E-state index contributed by atoms with van der Waals surface area (Å²) in [5.74, 6) is 1.63. The van der Waals surface area contributed by atoms with Gasteiger partial charge in [0, 0.05) is 38.0 Å². The minimum Gasteiger partial charge on any atom is -0.396 e. The minimum absolute atomic E-state index is 0.304. The Kier molecular flexibility index (Phi) is 3.61. The van der Waals surface area contributed by atoms with E-state index in [0.717, 1.165) is 32.4 Å². The van der Waals surface area contributed by atoms with Crippen LogP contribution in [0.1, 0.15) is 17.9 Å². The zero-order valence-electron chi connectivity index (χ0n) is 10.2. The second-order valence-corrected chi connectivity index (χ2v) is 4.91. The van der Waals surface area contributed by atoms with Crippen LogP contribution in [0.3, 0.4) is 0 Å². The van der Waals surface area contributed by atoms with Crippen LogP contribution in [-0.4, -0.2) is 46.8 Å². The number of aliphatic hydroxyl groups is 1. The van der Waals surface area contributed by atoms with Gasteiger partial charge < -0.3 is 14.6 Å². The van der Waals surface area contributed by atoms with Gasteiger partial charge in [-0.15, -0.1) is 0 Å². The SMILES string of the molecule is CN(C)CCc1ncc2n1CCC(CO)C2. The van der Waals surface area contributed by atoms with Crippen molar-refractivity contribution in [3.05, 3.63) is 17.7 Å². The third-order valence-electron chi connectivity index (χ3n) is 3.32. The maximum absolute atomic E-state index is 9.16. The van der Waals surface area contributed by atoms with Crippen LogP contribution >= 0.6 is 0 Å². The van der Waals surface area contributed by atoms with Crippen LogP contribution in [0, 0.1) is 5.92 Å². The van der Waals surface area contributed by atoms with E-state index in [2.05, 4.69) is 28.5 Å². The molecule has 1 aliphatic rings. The molecule has 0 radical (unpaired) electrons.